The van der Waals surface area contributed by atoms with Gasteiger partial charge in [0.2, 0.25) is 0 Å². The van der Waals surface area contributed by atoms with Gasteiger partial charge in [0.1, 0.15) is 0 Å². The Morgan fingerprint density at radius 1 is 1.18 bits per heavy atom. The number of guanidine groups is 1. The molecule has 0 saturated carbocycles. The lowest BCUT2D eigenvalue weighted by Crippen LogP contribution is -2.39. The first-order valence-corrected chi connectivity index (χ1v) is 7.79. The summed E-state index contributed by atoms with van der Waals surface area (Å²) in [5, 5.41) is 6.57. The van der Waals surface area contributed by atoms with E-state index < -0.39 is 0 Å². The molecule has 126 valence electrons. The smallest absolute Gasteiger partial charge is 0.190 e. The Morgan fingerprint density at radius 3 is 2.64 bits per heavy atom. The van der Waals surface area contributed by atoms with Gasteiger partial charge in [0.25, 0.3) is 0 Å². The van der Waals surface area contributed by atoms with Crippen LogP contribution in [0.2, 0.25) is 0 Å². The largest absolute Gasteiger partial charge is 0.381 e. The predicted molar refractivity (Wildman–Crippen MR) is 103 cm³/mol. The summed E-state index contributed by atoms with van der Waals surface area (Å²) < 4.78 is 5.52. The van der Waals surface area contributed by atoms with Crippen molar-refractivity contribution < 1.29 is 4.74 Å². The molecular weight excluding hydrogens is 391 g/mol. The minimum atomic E-state index is 0. The van der Waals surface area contributed by atoms with Crippen molar-refractivity contribution in [1.29, 1.82) is 0 Å². The van der Waals surface area contributed by atoms with Crippen molar-refractivity contribution in [2.45, 2.75) is 32.6 Å². The van der Waals surface area contributed by atoms with Gasteiger partial charge in [-0.05, 0) is 25.0 Å². The minimum Gasteiger partial charge on any atom is -0.381 e. The number of rotatable bonds is 10. The highest BCUT2D eigenvalue weighted by Crippen LogP contribution is 1.93. The lowest BCUT2D eigenvalue weighted by Gasteiger charge is -2.11. The summed E-state index contributed by atoms with van der Waals surface area (Å²) in [7, 11) is 1.79. The first kappa shape index (κ1) is 21.1. The van der Waals surface area contributed by atoms with Crippen molar-refractivity contribution in [2.24, 2.45) is 4.99 Å². The average Bonchev–Trinajstić information content (AvgIpc) is 2.53. The summed E-state index contributed by atoms with van der Waals surface area (Å²) in [6.45, 7) is 5.54. The van der Waals surface area contributed by atoms with Crippen LogP contribution in [0.5, 0.6) is 0 Å². The molecule has 0 radical (unpaired) electrons. The number of unbranched alkanes of at least 4 members (excludes halogenated alkanes) is 1. The van der Waals surface area contributed by atoms with Gasteiger partial charge in [-0.1, -0.05) is 19.4 Å². The molecule has 1 aromatic rings. The number of ether oxygens (including phenoxy) is 1. The monoisotopic (exact) mass is 420 g/mol. The molecule has 1 aromatic heterocycles. The van der Waals surface area contributed by atoms with Gasteiger partial charge < -0.3 is 15.4 Å². The highest BCUT2D eigenvalue weighted by Gasteiger charge is 1.98. The van der Waals surface area contributed by atoms with Crippen LogP contribution in [0.3, 0.4) is 0 Å². The molecule has 0 aliphatic carbocycles. The van der Waals surface area contributed by atoms with Crippen molar-refractivity contribution in [3.05, 3.63) is 30.1 Å². The van der Waals surface area contributed by atoms with Crippen LogP contribution in [-0.2, 0) is 11.2 Å². The first-order chi connectivity index (χ1) is 10.4. The van der Waals surface area contributed by atoms with Crippen molar-refractivity contribution in [2.75, 3.05) is 33.4 Å². The number of halogens is 1. The van der Waals surface area contributed by atoms with Gasteiger partial charge >= 0.3 is 0 Å². The van der Waals surface area contributed by atoms with Gasteiger partial charge in [0.15, 0.2) is 5.96 Å². The van der Waals surface area contributed by atoms with E-state index in [0.717, 1.165) is 57.2 Å². The molecule has 0 spiro atoms. The minimum absolute atomic E-state index is 0. The Hall–Kier alpha value is -0.890. The summed E-state index contributed by atoms with van der Waals surface area (Å²) in [6, 6.07) is 5.97. The van der Waals surface area contributed by atoms with Gasteiger partial charge in [-0.2, -0.15) is 0 Å². The third kappa shape index (κ3) is 10.8. The Morgan fingerprint density at radius 2 is 1.95 bits per heavy atom. The second-order valence-corrected chi connectivity index (χ2v) is 4.82. The molecule has 1 heterocycles. The summed E-state index contributed by atoms with van der Waals surface area (Å²) in [6.07, 6.45) is 6.03. The van der Waals surface area contributed by atoms with Crippen molar-refractivity contribution in [1.82, 2.24) is 15.6 Å². The highest BCUT2D eigenvalue weighted by molar-refractivity contribution is 14.0. The Bertz CT molecular complexity index is 387. The Labute approximate surface area is 151 Å². The third-order valence-corrected chi connectivity index (χ3v) is 3.02. The molecule has 2 N–H and O–H groups in total. The standard InChI is InChI=1S/C16H28N4O.HI/c1-3-4-13-21-14-7-11-19-16(17-2)20-12-9-15-8-5-6-10-18-15;/h5-6,8,10H,3-4,7,9,11-14H2,1-2H3,(H2,17,19,20);1H. The van der Waals surface area contributed by atoms with E-state index in [9.17, 15) is 0 Å². The molecule has 5 nitrogen and oxygen atoms in total. The van der Waals surface area contributed by atoms with E-state index >= 15 is 0 Å². The van der Waals surface area contributed by atoms with Crippen molar-refractivity contribution in [3.63, 3.8) is 0 Å². The fourth-order valence-corrected chi connectivity index (χ4v) is 1.81. The second kappa shape index (κ2) is 15.0. The van der Waals surface area contributed by atoms with E-state index in [1.54, 1.807) is 7.05 Å². The predicted octanol–water partition coefficient (Wildman–Crippen LogP) is 2.61. The maximum Gasteiger partial charge on any atom is 0.190 e. The average molecular weight is 420 g/mol. The molecule has 6 heteroatoms. The lowest BCUT2D eigenvalue weighted by molar-refractivity contribution is 0.129. The van der Waals surface area contributed by atoms with Gasteiger partial charge in [-0.15, -0.1) is 24.0 Å². The van der Waals surface area contributed by atoms with Crippen LogP contribution in [0.25, 0.3) is 0 Å². The van der Waals surface area contributed by atoms with Crippen LogP contribution >= 0.6 is 24.0 Å². The molecule has 0 unspecified atom stereocenters. The van der Waals surface area contributed by atoms with Crippen LogP contribution in [0, 0.1) is 0 Å². The Kier molecular flexibility index (Phi) is 14.4. The van der Waals surface area contributed by atoms with Crippen LogP contribution in [0.15, 0.2) is 29.4 Å². The van der Waals surface area contributed by atoms with Gasteiger partial charge in [-0.3, -0.25) is 9.98 Å². The molecule has 0 bridgehead atoms. The number of hydrogen-bond donors (Lipinski definition) is 2. The van der Waals surface area contributed by atoms with E-state index in [0.29, 0.717) is 0 Å². The normalized spacial score (nSPS) is 10.9. The zero-order chi connectivity index (χ0) is 15.2. The van der Waals surface area contributed by atoms with E-state index in [1.165, 1.54) is 6.42 Å². The first-order valence-electron chi connectivity index (χ1n) is 7.79. The van der Waals surface area contributed by atoms with Gasteiger partial charge in [0.05, 0.1) is 0 Å². The van der Waals surface area contributed by atoms with Crippen LogP contribution in [0.4, 0.5) is 0 Å². The molecule has 1 rings (SSSR count). The number of pyridine rings is 1. The van der Waals surface area contributed by atoms with Gasteiger partial charge in [0, 0.05) is 51.7 Å². The van der Waals surface area contributed by atoms with Crippen LogP contribution in [-0.4, -0.2) is 44.3 Å². The molecule has 0 aromatic carbocycles. The number of nitrogens with one attached hydrogen (secondary N) is 2. The molecule has 0 atom stereocenters. The molecule has 0 aliphatic rings. The van der Waals surface area contributed by atoms with Crippen molar-refractivity contribution in [3.8, 4) is 0 Å². The highest BCUT2D eigenvalue weighted by atomic mass is 127. The lowest BCUT2D eigenvalue weighted by atomic mass is 10.3. The SMILES string of the molecule is CCCCOCCCNC(=NC)NCCc1ccccn1.I. The fourth-order valence-electron chi connectivity index (χ4n) is 1.81. The molecule has 0 fully saturated rings. The van der Waals surface area contributed by atoms with Crippen LogP contribution in [0.1, 0.15) is 31.9 Å². The number of aromatic nitrogens is 1. The van der Waals surface area contributed by atoms with Crippen molar-refractivity contribution >= 4 is 29.9 Å². The fraction of sp³-hybridized carbons (Fsp3) is 0.625. The zero-order valence-corrected chi connectivity index (χ0v) is 16.0. The summed E-state index contributed by atoms with van der Waals surface area (Å²) >= 11 is 0. The van der Waals surface area contributed by atoms with E-state index in [4.69, 9.17) is 4.74 Å². The molecule has 0 amide bonds. The topological polar surface area (TPSA) is 58.5 Å². The summed E-state index contributed by atoms with van der Waals surface area (Å²) in [4.78, 5) is 8.50. The second-order valence-electron chi connectivity index (χ2n) is 4.82. The van der Waals surface area contributed by atoms with Crippen LogP contribution < -0.4 is 10.6 Å². The third-order valence-electron chi connectivity index (χ3n) is 3.02. The molecular formula is C16H29IN4O. The Balaban J connectivity index is 0.00000441. The number of nitrogens with zero attached hydrogens (tertiary/aromatic N) is 2. The summed E-state index contributed by atoms with van der Waals surface area (Å²) in [5.74, 6) is 0.833. The maximum absolute atomic E-state index is 5.52. The summed E-state index contributed by atoms with van der Waals surface area (Å²) in [5.41, 5.74) is 1.09. The number of hydrogen-bond acceptors (Lipinski definition) is 3. The quantitative estimate of drug-likeness (QED) is 0.265. The number of aliphatic imine (C=N–C) groups is 1. The molecule has 0 saturated heterocycles. The molecule has 22 heavy (non-hydrogen) atoms. The van der Waals surface area contributed by atoms with E-state index in [1.807, 2.05) is 24.4 Å². The van der Waals surface area contributed by atoms with E-state index in [2.05, 4.69) is 27.5 Å². The van der Waals surface area contributed by atoms with Gasteiger partial charge in [-0.25, -0.2) is 0 Å². The maximum atomic E-state index is 5.52. The zero-order valence-electron chi connectivity index (χ0n) is 13.7. The van der Waals surface area contributed by atoms with E-state index in [-0.39, 0.29) is 24.0 Å². The molecule has 0 aliphatic heterocycles.